The highest BCUT2D eigenvalue weighted by molar-refractivity contribution is 7.10. The number of hydrogen-bond acceptors (Lipinski definition) is 6. The summed E-state index contributed by atoms with van der Waals surface area (Å²) in [7, 11) is 1.48. The zero-order valence-corrected chi connectivity index (χ0v) is 9.94. The fourth-order valence-electron chi connectivity index (χ4n) is 1.18. The van der Waals surface area contributed by atoms with Crippen LogP contribution in [0.5, 0.6) is 0 Å². The van der Waals surface area contributed by atoms with Crippen molar-refractivity contribution in [1.82, 2.24) is 0 Å². The lowest BCUT2D eigenvalue weighted by Gasteiger charge is -2.13. The smallest absolute Gasteiger partial charge is 0.405 e. The minimum absolute atomic E-state index is 0.0114. The number of carbonyl (C=O) groups is 1. The Morgan fingerprint density at radius 1 is 1.65 bits per heavy atom. The molecular formula is C9H13N3O4S. The number of nitrogens with two attached hydrogens (primary N) is 2. The number of methoxy groups -OCH3 is 1. The molecule has 1 aromatic heterocycles. The standard InChI is InChI=1S/C9H13N3O4S/c1-15-3-6(16-9(11)13)7-2-5(4-17-7)8(10)12-14/h2,4,6,14H,3H2,1H3,(H2,10,12)(H2,11,13). The summed E-state index contributed by atoms with van der Waals surface area (Å²) in [6.45, 7) is 0.180. The quantitative estimate of drug-likeness (QED) is 0.310. The molecule has 0 spiro atoms. The van der Waals surface area contributed by atoms with Crippen molar-refractivity contribution in [3.63, 3.8) is 0 Å². The summed E-state index contributed by atoms with van der Waals surface area (Å²) in [4.78, 5) is 11.4. The van der Waals surface area contributed by atoms with Crippen LogP contribution in [-0.4, -0.2) is 30.9 Å². The lowest BCUT2D eigenvalue weighted by Crippen LogP contribution is -2.20. The monoisotopic (exact) mass is 259 g/mol. The van der Waals surface area contributed by atoms with Crippen molar-refractivity contribution >= 4 is 23.3 Å². The van der Waals surface area contributed by atoms with Gasteiger partial charge in [0.1, 0.15) is 0 Å². The fourth-order valence-corrected chi connectivity index (χ4v) is 2.09. The van der Waals surface area contributed by atoms with Crippen LogP contribution >= 0.6 is 11.3 Å². The normalized spacial score (nSPS) is 13.4. The van der Waals surface area contributed by atoms with E-state index in [4.69, 9.17) is 26.1 Å². The van der Waals surface area contributed by atoms with Crippen molar-refractivity contribution in [3.05, 3.63) is 21.9 Å². The van der Waals surface area contributed by atoms with Crippen LogP contribution in [-0.2, 0) is 9.47 Å². The van der Waals surface area contributed by atoms with E-state index in [1.165, 1.54) is 18.4 Å². The summed E-state index contributed by atoms with van der Waals surface area (Å²) in [5.41, 5.74) is 10.9. The first-order valence-corrected chi connectivity index (χ1v) is 5.47. The Morgan fingerprint density at radius 2 is 2.35 bits per heavy atom. The Labute approximate surface area is 102 Å². The van der Waals surface area contributed by atoms with Gasteiger partial charge < -0.3 is 26.1 Å². The first-order valence-electron chi connectivity index (χ1n) is 4.59. The third-order valence-electron chi connectivity index (χ3n) is 1.92. The summed E-state index contributed by atoms with van der Waals surface area (Å²) < 4.78 is 9.80. The Kier molecular flexibility index (Phi) is 4.73. The summed E-state index contributed by atoms with van der Waals surface area (Å²) >= 11 is 1.30. The molecule has 0 bridgehead atoms. The van der Waals surface area contributed by atoms with Crippen molar-refractivity contribution in [2.75, 3.05) is 13.7 Å². The molecule has 5 N–H and O–H groups in total. The van der Waals surface area contributed by atoms with Gasteiger partial charge in [0.2, 0.25) is 0 Å². The highest BCUT2D eigenvalue weighted by Crippen LogP contribution is 2.25. The Morgan fingerprint density at radius 3 is 2.88 bits per heavy atom. The molecule has 0 saturated carbocycles. The molecule has 0 radical (unpaired) electrons. The lowest BCUT2D eigenvalue weighted by atomic mass is 10.2. The molecule has 0 aliphatic rings. The number of carbonyl (C=O) groups excluding carboxylic acids is 1. The molecule has 1 aromatic rings. The SMILES string of the molecule is COCC(OC(N)=O)c1cc(C(N)=NO)cs1. The third kappa shape index (κ3) is 3.61. The fraction of sp³-hybridized carbons (Fsp3) is 0.333. The molecule has 1 unspecified atom stereocenters. The van der Waals surface area contributed by atoms with Gasteiger partial charge in [0.05, 0.1) is 6.61 Å². The topological polar surface area (TPSA) is 120 Å². The summed E-state index contributed by atoms with van der Waals surface area (Å²) in [6, 6.07) is 1.65. The van der Waals surface area contributed by atoms with Crippen molar-refractivity contribution in [2.45, 2.75) is 6.10 Å². The minimum Gasteiger partial charge on any atom is -0.438 e. The predicted octanol–water partition coefficient (Wildman–Crippen LogP) is 0.625. The third-order valence-corrected chi connectivity index (χ3v) is 2.94. The Balaban J connectivity index is 2.87. The zero-order chi connectivity index (χ0) is 12.8. The maximum Gasteiger partial charge on any atom is 0.405 e. The number of amides is 1. The van der Waals surface area contributed by atoms with Gasteiger partial charge in [-0.2, -0.15) is 0 Å². The van der Waals surface area contributed by atoms with Gasteiger partial charge in [-0.3, -0.25) is 0 Å². The van der Waals surface area contributed by atoms with Crippen molar-refractivity contribution in [3.8, 4) is 0 Å². The van der Waals surface area contributed by atoms with Crippen LogP contribution in [0, 0.1) is 0 Å². The molecular weight excluding hydrogens is 246 g/mol. The maximum absolute atomic E-state index is 10.7. The van der Waals surface area contributed by atoms with E-state index in [0.717, 1.165) is 0 Å². The van der Waals surface area contributed by atoms with Gasteiger partial charge in [-0.15, -0.1) is 11.3 Å². The second-order valence-corrected chi connectivity index (χ2v) is 4.05. The molecule has 0 aromatic carbocycles. The van der Waals surface area contributed by atoms with Gasteiger partial charge >= 0.3 is 6.09 Å². The molecule has 1 rings (SSSR count). The van der Waals surface area contributed by atoms with Gasteiger partial charge in [0.25, 0.3) is 0 Å². The number of ether oxygens (including phenoxy) is 2. The molecule has 94 valence electrons. The first-order chi connectivity index (χ1) is 8.08. The second kappa shape index (κ2) is 6.06. The van der Waals surface area contributed by atoms with Crippen LogP contribution in [0.25, 0.3) is 0 Å². The van der Waals surface area contributed by atoms with Crippen LogP contribution in [0.3, 0.4) is 0 Å². The van der Waals surface area contributed by atoms with E-state index >= 15 is 0 Å². The Bertz CT molecular complexity index is 418. The molecule has 0 aliphatic carbocycles. The van der Waals surface area contributed by atoms with Crippen LogP contribution in [0.2, 0.25) is 0 Å². The molecule has 0 saturated heterocycles. The molecule has 1 atom stereocenters. The van der Waals surface area contributed by atoms with Crippen LogP contribution in [0.4, 0.5) is 4.79 Å². The number of hydrogen-bond donors (Lipinski definition) is 3. The van der Waals surface area contributed by atoms with Crippen molar-refractivity contribution in [2.24, 2.45) is 16.6 Å². The average Bonchev–Trinajstić information content (AvgIpc) is 2.76. The van der Waals surface area contributed by atoms with Gasteiger partial charge in [-0.1, -0.05) is 5.16 Å². The average molecular weight is 259 g/mol. The number of amidine groups is 1. The van der Waals surface area contributed by atoms with Crippen molar-refractivity contribution in [1.29, 1.82) is 0 Å². The number of primary amides is 1. The molecule has 1 amide bonds. The van der Waals surface area contributed by atoms with Gasteiger partial charge in [0.15, 0.2) is 11.9 Å². The van der Waals surface area contributed by atoms with E-state index in [2.05, 4.69) is 5.16 Å². The number of oxime groups is 1. The number of thiophene rings is 1. The maximum atomic E-state index is 10.7. The highest BCUT2D eigenvalue weighted by Gasteiger charge is 2.18. The summed E-state index contributed by atoms with van der Waals surface area (Å²) in [5, 5.41) is 13.1. The molecule has 0 fully saturated rings. The van der Waals surface area contributed by atoms with E-state index in [0.29, 0.717) is 10.4 Å². The highest BCUT2D eigenvalue weighted by atomic mass is 32.1. The molecule has 17 heavy (non-hydrogen) atoms. The van der Waals surface area contributed by atoms with Crippen LogP contribution < -0.4 is 11.5 Å². The van der Waals surface area contributed by atoms with Crippen LogP contribution in [0.1, 0.15) is 16.5 Å². The largest absolute Gasteiger partial charge is 0.438 e. The molecule has 7 nitrogen and oxygen atoms in total. The zero-order valence-electron chi connectivity index (χ0n) is 9.12. The Hall–Kier alpha value is -1.80. The predicted molar refractivity (Wildman–Crippen MR) is 62.1 cm³/mol. The number of nitrogens with zero attached hydrogens (tertiary/aromatic N) is 1. The molecule has 0 aliphatic heterocycles. The number of rotatable bonds is 5. The first kappa shape index (κ1) is 13.3. The van der Waals surface area contributed by atoms with Gasteiger partial charge in [-0.05, 0) is 6.07 Å². The van der Waals surface area contributed by atoms with E-state index < -0.39 is 12.2 Å². The summed E-state index contributed by atoms with van der Waals surface area (Å²) in [5.74, 6) is -0.0114. The van der Waals surface area contributed by atoms with Gasteiger partial charge in [-0.25, -0.2) is 4.79 Å². The minimum atomic E-state index is -0.884. The van der Waals surface area contributed by atoms with E-state index in [1.54, 1.807) is 11.4 Å². The van der Waals surface area contributed by atoms with Crippen LogP contribution in [0.15, 0.2) is 16.6 Å². The van der Waals surface area contributed by atoms with E-state index in [9.17, 15) is 4.79 Å². The van der Waals surface area contributed by atoms with E-state index in [1.807, 2.05) is 0 Å². The van der Waals surface area contributed by atoms with Crippen molar-refractivity contribution < 1.29 is 19.5 Å². The lowest BCUT2D eigenvalue weighted by molar-refractivity contribution is 0.0451. The summed E-state index contributed by atoms with van der Waals surface area (Å²) in [6.07, 6.45) is -1.48. The molecule has 1 heterocycles. The van der Waals surface area contributed by atoms with E-state index in [-0.39, 0.29) is 12.4 Å². The molecule has 8 heteroatoms. The second-order valence-electron chi connectivity index (χ2n) is 3.10. The van der Waals surface area contributed by atoms with Gasteiger partial charge in [0, 0.05) is 22.9 Å².